The lowest BCUT2D eigenvalue weighted by Gasteiger charge is -2.18. The van der Waals surface area contributed by atoms with Crippen molar-refractivity contribution in [2.75, 3.05) is 6.26 Å². The topological polar surface area (TPSA) is 68.0 Å². The number of amides is 1. The zero-order valence-electron chi connectivity index (χ0n) is 13.8. The van der Waals surface area contributed by atoms with Gasteiger partial charge in [0.15, 0.2) is 0 Å². The van der Waals surface area contributed by atoms with Gasteiger partial charge in [-0.05, 0) is 18.2 Å². The second-order valence-corrected chi connectivity index (χ2v) is 7.45. The number of nitrogens with one attached hydrogen (secondary N) is 1. The molecule has 1 N–H and O–H groups in total. The first kappa shape index (κ1) is 18.8. The maximum Gasteiger partial charge on any atom is 0.277 e. The molecule has 0 saturated carbocycles. The molecular weight excluding hydrogens is 349 g/mol. The monoisotopic (exact) mass is 369 g/mol. The van der Waals surface area contributed by atoms with Crippen LogP contribution in [-0.4, -0.2) is 27.6 Å². The minimum absolute atomic E-state index is 0.0616. The molecule has 1 unspecified atom stereocenters. The Morgan fingerprint density at radius 3 is 2.75 bits per heavy atom. The predicted octanol–water partition coefficient (Wildman–Crippen LogP) is 3.50. The Morgan fingerprint density at radius 1 is 1.33 bits per heavy atom. The number of thioether (sulfide) groups is 2. The Kier molecular flexibility index (Phi) is 7.11. The Hall–Kier alpha value is -1.54. The highest BCUT2D eigenvalue weighted by Gasteiger charge is 2.26. The number of hydrogen-bond donors (Lipinski definition) is 1. The van der Waals surface area contributed by atoms with Crippen LogP contribution >= 0.6 is 23.5 Å². The van der Waals surface area contributed by atoms with Crippen LogP contribution in [0.25, 0.3) is 0 Å². The molecule has 1 atom stereocenters. The van der Waals surface area contributed by atoms with Crippen LogP contribution in [0.2, 0.25) is 0 Å². The minimum atomic E-state index is -0.389. The lowest BCUT2D eigenvalue weighted by Crippen LogP contribution is -2.35. The maximum atomic E-state index is 13.6. The lowest BCUT2D eigenvalue weighted by molar-refractivity contribution is -0.121. The molecule has 1 amide bonds. The molecule has 0 spiro atoms. The van der Waals surface area contributed by atoms with Gasteiger partial charge in [0.2, 0.25) is 11.8 Å². The predicted molar refractivity (Wildman–Crippen MR) is 94.2 cm³/mol. The van der Waals surface area contributed by atoms with E-state index in [-0.39, 0.29) is 29.4 Å². The molecular formula is C16H20FN3O2S2. The van der Waals surface area contributed by atoms with E-state index in [0.29, 0.717) is 22.4 Å². The van der Waals surface area contributed by atoms with Crippen molar-refractivity contribution in [3.05, 3.63) is 41.5 Å². The van der Waals surface area contributed by atoms with Gasteiger partial charge in [0.1, 0.15) is 5.82 Å². The average molecular weight is 369 g/mol. The molecule has 24 heavy (non-hydrogen) atoms. The zero-order chi connectivity index (χ0) is 17.5. The van der Waals surface area contributed by atoms with Gasteiger partial charge in [0.25, 0.3) is 5.22 Å². The largest absolute Gasteiger partial charge is 0.415 e. The summed E-state index contributed by atoms with van der Waals surface area (Å²) in [6.45, 7) is 4.04. The van der Waals surface area contributed by atoms with Crippen LogP contribution < -0.4 is 5.32 Å². The standard InChI is InChI=1S/C16H20FN3O2S2/c1-10(2)14(24-16-20-19-13(22-16)9-23-3)15(21)18-8-11-6-4-5-7-12(11)17/h4-7,10,14H,8-9H2,1-3H3,(H,18,21). The molecule has 130 valence electrons. The third-order valence-electron chi connectivity index (χ3n) is 3.22. The van der Waals surface area contributed by atoms with Crippen molar-refractivity contribution in [2.45, 2.75) is 36.6 Å². The van der Waals surface area contributed by atoms with Gasteiger partial charge in [0, 0.05) is 12.1 Å². The van der Waals surface area contributed by atoms with E-state index in [4.69, 9.17) is 4.42 Å². The van der Waals surface area contributed by atoms with E-state index in [1.54, 1.807) is 30.0 Å². The summed E-state index contributed by atoms with van der Waals surface area (Å²) in [5, 5.41) is 10.7. The van der Waals surface area contributed by atoms with Crippen molar-refractivity contribution in [1.82, 2.24) is 15.5 Å². The molecule has 0 saturated heterocycles. The van der Waals surface area contributed by atoms with Crippen molar-refractivity contribution in [2.24, 2.45) is 5.92 Å². The number of halogens is 1. The van der Waals surface area contributed by atoms with E-state index in [1.807, 2.05) is 20.1 Å². The number of hydrogen-bond acceptors (Lipinski definition) is 6. The van der Waals surface area contributed by atoms with Gasteiger partial charge in [-0.15, -0.1) is 10.2 Å². The first-order valence-electron chi connectivity index (χ1n) is 7.50. The van der Waals surface area contributed by atoms with Crippen LogP contribution in [-0.2, 0) is 17.1 Å². The lowest BCUT2D eigenvalue weighted by atomic mass is 10.1. The van der Waals surface area contributed by atoms with Crippen LogP contribution in [0.3, 0.4) is 0 Å². The Balaban J connectivity index is 1.98. The summed E-state index contributed by atoms with van der Waals surface area (Å²) in [5.74, 6) is 0.734. The van der Waals surface area contributed by atoms with E-state index < -0.39 is 0 Å². The highest BCUT2D eigenvalue weighted by molar-refractivity contribution is 8.00. The quantitative estimate of drug-likeness (QED) is 0.718. The number of benzene rings is 1. The molecule has 0 bridgehead atoms. The summed E-state index contributed by atoms with van der Waals surface area (Å²) in [5.41, 5.74) is 0.457. The second-order valence-electron chi connectivity index (χ2n) is 5.49. The second kappa shape index (κ2) is 9.08. The van der Waals surface area contributed by atoms with Crippen LogP contribution in [0, 0.1) is 11.7 Å². The van der Waals surface area contributed by atoms with Gasteiger partial charge >= 0.3 is 0 Å². The van der Waals surface area contributed by atoms with Crippen LogP contribution in [0.4, 0.5) is 4.39 Å². The molecule has 1 aromatic carbocycles. The number of aromatic nitrogens is 2. The molecule has 1 aromatic heterocycles. The summed E-state index contributed by atoms with van der Waals surface area (Å²) in [7, 11) is 0. The van der Waals surface area contributed by atoms with Gasteiger partial charge in [-0.2, -0.15) is 11.8 Å². The molecule has 0 aliphatic heterocycles. The zero-order valence-corrected chi connectivity index (χ0v) is 15.4. The minimum Gasteiger partial charge on any atom is -0.415 e. The molecule has 2 rings (SSSR count). The summed E-state index contributed by atoms with van der Waals surface area (Å²) < 4.78 is 19.1. The highest BCUT2D eigenvalue weighted by Crippen LogP contribution is 2.28. The maximum absolute atomic E-state index is 13.6. The Morgan fingerprint density at radius 2 is 2.08 bits per heavy atom. The van der Waals surface area contributed by atoms with E-state index in [2.05, 4.69) is 15.5 Å². The molecule has 0 aliphatic carbocycles. The van der Waals surface area contributed by atoms with Gasteiger partial charge in [-0.1, -0.05) is 43.8 Å². The van der Waals surface area contributed by atoms with E-state index in [0.717, 1.165) is 0 Å². The number of nitrogens with zero attached hydrogens (tertiary/aromatic N) is 2. The smallest absolute Gasteiger partial charge is 0.277 e. The van der Waals surface area contributed by atoms with Crippen molar-refractivity contribution in [3.63, 3.8) is 0 Å². The molecule has 5 nitrogen and oxygen atoms in total. The molecule has 0 radical (unpaired) electrons. The SMILES string of the molecule is CSCc1nnc(SC(C(=O)NCc2ccccc2F)C(C)C)o1. The van der Waals surface area contributed by atoms with Gasteiger partial charge < -0.3 is 9.73 Å². The molecule has 0 fully saturated rings. The Bertz CT molecular complexity index is 679. The van der Waals surface area contributed by atoms with Crippen molar-refractivity contribution >= 4 is 29.4 Å². The van der Waals surface area contributed by atoms with E-state index >= 15 is 0 Å². The van der Waals surface area contributed by atoms with Gasteiger partial charge in [-0.3, -0.25) is 4.79 Å². The molecule has 0 aliphatic rings. The van der Waals surface area contributed by atoms with E-state index in [9.17, 15) is 9.18 Å². The number of rotatable bonds is 8. The summed E-state index contributed by atoms with van der Waals surface area (Å²) in [6.07, 6.45) is 1.95. The van der Waals surface area contributed by atoms with Gasteiger partial charge in [0.05, 0.1) is 11.0 Å². The summed E-state index contributed by atoms with van der Waals surface area (Å²) >= 11 is 2.82. The first-order chi connectivity index (χ1) is 11.5. The normalized spacial score (nSPS) is 12.4. The molecule has 2 aromatic rings. The fraction of sp³-hybridized carbons (Fsp3) is 0.438. The van der Waals surface area contributed by atoms with Gasteiger partial charge in [-0.25, -0.2) is 4.39 Å². The average Bonchev–Trinajstić information content (AvgIpc) is 2.99. The summed E-state index contributed by atoms with van der Waals surface area (Å²) in [4.78, 5) is 12.5. The van der Waals surface area contributed by atoms with Crippen molar-refractivity contribution in [1.29, 1.82) is 0 Å². The summed E-state index contributed by atoms with van der Waals surface area (Å²) in [6, 6.07) is 6.39. The third kappa shape index (κ3) is 5.24. The third-order valence-corrected chi connectivity index (χ3v) is 5.13. The van der Waals surface area contributed by atoms with Crippen LogP contribution in [0.1, 0.15) is 25.3 Å². The highest BCUT2D eigenvalue weighted by atomic mass is 32.2. The van der Waals surface area contributed by atoms with E-state index in [1.165, 1.54) is 17.8 Å². The first-order valence-corrected chi connectivity index (χ1v) is 9.77. The van der Waals surface area contributed by atoms with Crippen molar-refractivity contribution in [3.8, 4) is 0 Å². The van der Waals surface area contributed by atoms with Crippen LogP contribution in [0.15, 0.2) is 33.9 Å². The van der Waals surface area contributed by atoms with Crippen molar-refractivity contribution < 1.29 is 13.6 Å². The Labute approximate surface area is 149 Å². The van der Waals surface area contributed by atoms with Crippen LogP contribution in [0.5, 0.6) is 0 Å². The molecule has 1 heterocycles. The fourth-order valence-electron chi connectivity index (χ4n) is 1.99. The fourth-order valence-corrected chi connectivity index (χ4v) is 3.27. The number of carbonyl (C=O) groups is 1. The molecule has 8 heteroatoms. The number of carbonyl (C=O) groups excluding carboxylic acids is 1.